The van der Waals surface area contributed by atoms with Gasteiger partial charge in [-0.05, 0) is 83.7 Å². The number of unbranched alkanes of at least 4 members (excludes halogenated alkanes) is 6. The average Bonchev–Trinajstić information content (AvgIpc) is 2.96. The van der Waals surface area contributed by atoms with E-state index in [1.807, 2.05) is 0 Å². The fourth-order valence-electron chi connectivity index (χ4n) is 4.89. The second kappa shape index (κ2) is 11.6. The van der Waals surface area contributed by atoms with Crippen molar-refractivity contribution in [2.45, 2.75) is 69.6 Å². The lowest BCUT2D eigenvalue weighted by Gasteiger charge is -2.33. The van der Waals surface area contributed by atoms with Gasteiger partial charge in [0.1, 0.15) is 0 Å². The van der Waals surface area contributed by atoms with Crippen LogP contribution in [0.15, 0.2) is 45.3 Å². The van der Waals surface area contributed by atoms with Crippen LogP contribution in [0.4, 0.5) is 0 Å². The maximum Gasteiger partial charge on any atom is 0.0216 e. The van der Waals surface area contributed by atoms with Crippen molar-refractivity contribution >= 4 is 57.1 Å². The van der Waals surface area contributed by atoms with E-state index in [0.29, 0.717) is 0 Å². The van der Waals surface area contributed by atoms with Crippen LogP contribution in [0, 0.1) is 0 Å². The number of fused-ring (bicyclic) bond motifs is 3. The van der Waals surface area contributed by atoms with Crippen molar-refractivity contribution in [3.05, 3.63) is 56.5 Å². The average molecular weight is 556 g/mol. The zero-order valence-corrected chi connectivity index (χ0v) is 22.1. The SMILES string of the molecule is SCCCCCCC1(CCCCCCS)c2cc(Br)ccc2-c2ccc(Br)cc21. The van der Waals surface area contributed by atoms with Gasteiger partial charge < -0.3 is 0 Å². The summed E-state index contributed by atoms with van der Waals surface area (Å²) in [6.45, 7) is 0. The molecule has 0 saturated heterocycles. The Morgan fingerprint density at radius 3 is 1.41 bits per heavy atom. The molecule has 29 heavy (non-hydrogen) atoms. The Hall–Kier alpha value is 0.1000. The Labute approximate surface area is 204 Å². The molecule has 0 fully saturated rings. The van der Waals surface area contributed by atoms with Crippen LogP contribution in [0.3, 0.4) is 0 Å². The molecular weight excluding hydrogens is 524 g/mol. The summed E-state index contributed by atoms with van der Waals surface area (Å²) >= 11 is 16.3. The van der Waals surface area contributed by atoms with Crippen LogP contribution in [0.5, 0.6) is 0 Å². The summed E-state index contributed by atoms with van der Waals surface area (Å²) in [6, 6.07) is 13.8. The molecular formula is C25H32Br2S2. The zero-order chi connectivity index (χ0) is 20.7. The molecule has 2 aromatic rings. The van der Waals surface area contributed by atoms with Gasteiger partial charge in [0, 0.05) is 14.4 Å². The molecule has 0 nitrogen and oxygen atoms in total. The van der Waals surface area contributed by atoms with Crippen molar-refractivity contribution in [3.63, 3.8) is 0 Å². The van der Waals surface area contributed by atoms with Gasteiger partial charge in [0.2, 0.25) is 0 Å². The molecule has 2 aromatic carbocycles. The molecule has 0 bridgehead atoms. The molecule has 1 aliphatic carbocycles. The lowest BCUT2D eigenvalue weighted by Crippen LogP contribution is -2.25. The van der Waals surface area contributed by atoms with E-state index in [1.165, 1.54) is 95.4 Å². The van der Waals surface area contributed by atoms with Crippen LogP contribution in [0.1, 0.15) is 75.3 Å². The van der Waals surface area contributed by atoms with Crippen LogP contribution in [0.25, 0.3) is 11.1 Å². The number of hydrogen-bond donors (Lipinski definition) is 2. The summed E-state index contributed by atoms with van der Waals surface area (Å²) in [5.41, 5.74) is 6.06. The molecule has 0 aliphatic heterocycles. The first-order chi connectivity index (χ1) is 14.1. The monoisotopic (exact) mass is 554 g/mol. The van der Waals surface area contributed by atoms with E-state index >= 15 is 0 Å². The Balaban J connectivity index is 1.93. The van der Waals surface area contributed by atoms with E-state index in [9.17, 15) is 0 Å². The van der Waals surface area contributed by atoms with E-state index < -0.39 is 0 Å². The van der Waals surface area contributed by atoms with E-state index in [1.54, 1.807) is 0 Å². The number of halogens is 2. The molecule has 4 heteroatoms. The molecule has 0 unspecified atom stereocenters. The third kappa shape index (κ3) is 5.67. The summed E-state index contributed by atoms with van der Waals surface area (Å²) in [4.78, 5) is 0. The summed E-state index contributed by atoms with van der Waals surface area (Å²) in [5, 5.41) is 0. The van der Waals surface area contributed by atoms with Gasteiger partial charge in [-0.15, -0.1) is 0 Å². The van der Waals surface area contributed by atoms with Crippen LogP contribution in [-0.2, 0) is 5.41 Å². The molecule has 0 aromatic heterocycles. The van der Waals surface area contributed by atoms with Gasteiger partial charge >= 0.3 is 0 Å². The normalized spacial score (nSPS) is 14.1. The third-order valence-corrected chi connectivity index (χ3v) is 7.93. The molecule has 0 amide bonds. The maximum atomic E-state index is 4.38. The highest BCUT2D eigenvalue weighted by Gasteiger charge is 2.42. The van der Waals surface area contributed by atoms with Gasteiger partial charge in [-0.3, -0.25) is 0 Å². The number of rotatable bonds is 12. The summed E-state index contributed by atoms with van der Waals surface area (Å²) < 4.78 is 2.38. The van der Waals surface area contributed by atoms with Gasteiger partial charge in [0.15, 0.2) is 0 Å². The number of benzene rings is 2. The maximum absolute atomic E-state index is 4.38. The minimum Gasteiger partial charge on any atom is -0.179 e. The van der Waals surface area contributed by atoms with Crippen molar-refractivity contribution in [1.82, 2.24) is 0 Å². The Morgan fingerprint density at radius 2 is 1.00 bits per heavy atom. The van der Waals surface area contributed by atoms with Crippen molar-refractivity contribution in [2.75, 3.05) is 11.5 Å². The van der Waals surface area contributed by atoms with Crippen molar-refractivity contribution in [1.29, 1.82) is 0 Å². The first-order valence-corrected chi connectivity index (χ1v) is 13.8. The van der Waals surface area contributed by atoms with Gasteiger partial charge in [-0.1, -0.05) is 82.5 Å². The summed E-state index contributed by atoms with van der Waals surface area (Å²) in [6.07, 6.45) is 12.7. The minimum atomic E-state index is 0.139. The van der Waals surface area contributed by atoms with Crippen LogP contribution in [0.2, 0.25) is 0 Å². The summed E-state index contributed by atoms with van der Waals surface area (Å²) in [5.74, 6) is 2.00. The predicted octanol–water partition coefficient (Wildman–Crippen LogP) is 9.24. The standard InChI is InChI=1S/C25H32Br2S2/c26-19-9-11-21-22-12-10-20(27)18-24(22)25(23(21)17-19,13-5-1-3-7-15-28)14-6-2-4-8-16-29/h9-12,17-18,28-29H,1-8,13-16H2. The van der Waals surface area contributed by atoms with Crippen molar-refractivity contribution in [2.24, 2.45) is 0 Å². The van der Waals surface area contributed by atoms with Crippen molar-refractivity contribution in [3.8, 4) is 11.1 Å². The van der Waals surface area contributed by atoms with Gasteiger partial charge in [-0.2, -0.15) is 25.3 Å². The van der Waals surface area contributed by atoms with E-state index in [2.05, 4.69) is 93.5 Å². The molecule has 0 saturated carbocycles. The molecule has 1 aliphatic rings. The second-order valence-corrected chi connectivity index (χ2v) is 11.0. The molecule has 3 rings (SSSR count). The van der Waals surface area contributed by atoms with Gasteiger partial charge in [-0.25, -0.2) is 0 Å². The third-order valence-electron chi connectivity index (χ3n) is 6.31. The predicted molar refractivity (Wildman–Crippen MR) is 142 cm³/mol. The molecule has 0 heterocycles. The Morgan fingerprint density at radius 1 is 0.586 bits per heavy atom. The Bertz CT molecular complexity index is 736. The smallest absolute Gasteiger partial charge is 0.0216 e. The number of hydrogen-bond acceptors (Lipinski definition) is 2. The first kappa shape index (κ1) is 23.8. The van der Waals surface area contributed by atoms with Crippen molar-refractivity contribution < 1.29 is 0 Å². The topological polar surface area (TPSA) is 0 Å². The van der Waals surface area contributed by atoms with Gasteiger partial charge in [0.05, 0.1) is 0 Å². The molecule has 0 atom stereocenters. The van der Waals surface area contributed by atoms with Gasteiger partial charge in [0.25, 0.3) is 0 Å². The fraction of sp³-hybridized carbons (Fsp3) is 0.520. The number of thiol groups is 2. The second-order valence-electron chi connectivity index (χ2n) is 8.24. The highest BCUT2D eigenvalue weighted by molar-refractivity contribution is 9.10. The lowest BCUT2D eigenvalue weighted by molar-refractivity contribution is 0.401. The van der Waals surface area contributed by atoms with E-state index in [-0.39, 0.29) is 5.41 Å². The van der Waals surface area contributed by atoms with Crippen LogP contribution >= 0.6 is 57.1 Å². The molecule has 0 radical (unpaired) electrons. The molecule has 0 N–H and O–H groups in total. The van der Waals surface area contributed by atoms with Crippen LogP contribution < -0.4 is 0 Å². The quantitative estimate of drug-likeness (QED) is 0.189. The van der Waals surface area contributed by atoms with Crippen LogP contribution in [-0.4, -0.2) is 11.5 Å². The molecule has 158 valence electrons. The molecule has 0 spiro atoms. The summed E-state index contributed by atoms with van der Waals surface area (Å²) in [7, 11) is 0. The zero-order valence-electron chi connectivity index (χ0n) is 17.1. The largest absolute Gasteiger partial charge is 0.179 e. The highest BCUT2D eigenvalue weighted by atomic mass is 79.9. The lowest BCUT2D eigenvalue weighted by atomic mass is 9.70. The highest BCUT2D eigenvalue weighted by Crippen LogP contribution is 2.55. The van der Waals surface area contributed by atoms with E-state index in [0.717, 1.165) is 11.5 Å². The fourth-order valence-corrected chi connectivity index (χ4v) is 6.06. The Kier molecular flexibility index (Phi) is 9.54. The van der Waals surface area contributed by atoms with E-state index in [4.69, 9.17) is 0 Å². The first-order valence-electron chi connectivity index (χ1n) is 10.9. The minimum absolute atomic E-state index is 0.139.